The van der Waals surface area contributed by atoms with Crippen LogP contribution in [-0.2, 0) is 16.1 Å². The summed E-state index contributed by atoms with van der Waals surface area (Å²) in [6.07, 6.45) is -0.862. The van der Waals surface area contributed by atoms with Crippen LogP contribution in [0.15, 0.2) is 18.2 Å². The van der Waals surface area contributed by atoms with E-state index >= 15 is 0 Å². The molecule has 0 amide bonds. The molecule has 1 atom stereocenters. The Bertz CT molecular complexity index is 420. The topological polar surface area (TPSA) is 67.8 Å². The first-order valence-electron chi connectivity index (χ1n) is 6.24. The Morgan fingerprint density at radius 2 is 2.21 bits per heavy atom. The van der Waals surface area contributed by atoms with Crippen LogP contribution in [0.1, 0.15) is 18.1 Å². The number of nitrogens with one attached hydrogen (secondary N) is 1. The molecule has 1 rings (SSSR count). The van der Waals surface area contributed by atoms with Gasteiger partial charge in [0.1, 0.15) is 5.75 Å². The average molecular weight is 267 g/mol. The van der Waals surface area contributed by atoms with Gasteiger partial charge >= 0.3 is 5.97 Å². The van der Waals surface area contributed by atoms with Crippen molar-refractivity contribution < 1.29 is 19.4 Å². The predicted octanol–water partition coefficient (Wildman–Crippen LogP) is 1.58. The standard InChI is InChI=1S/C14H21NO4/c1-10-5-4-6-12(9-15-7-8-18-3)13(10)19-11(2)14(16)17/h4-6,11,15H,7-9H2,1-3H3,(H,16,17). The molecule has 0 aliphatic heterocycles. The van der Waals surface area contributed by atoms with Crippen LogP contribution in [0.5, 0.6) is 5.75 Å². The SMILES string of the molecule is COCCNCc1cccc(C)c1OC(C)C(=O)O. The lowest BCUT2D eigenvalue weighted by Crippen LogP contribution is -2.25. The lowest BCUT2D eigenvalue weighted by molar-refractivity contribution is -0.144. The number of carboxylic acids is 1. The van der Waals surface area contributed by atoms with Crippen molar-refractivity contribution in [3.8, 4) is 5.75 Å². The van der Waals surface area contributed by atoms with Crippen LogP contribution in [0.4, 0.5) is 0 Å². The molecular weight excluding hydrogens is 246 g/mol. The van der Waals surface area contributed by atoms with Gasteiger partial charge in [-0.3, -0.25) is 0 Å². The second kappa shape index (κ2) is 7.76. The molecule has 0 bridgehead atoms. The molecule has 0 radical (unpaired) electrons. The Morgan fingerprint density at radius 3 is 2.84 bits per heavy atom. The zero-order valence-electron chi connectivity index (χ0n) is 11.6. The first kappa shape index (κ1) is 15.5. The molecule has 0 aliphatic carbocycles. The van der Waals surface area contributed by atoms with E-state index in [2.05, 4.69) is 5.32 Å². The lowest BCUT2D eigenvalue weighted by atomic mass is 10.1. The maximum Gasteiger partial charge on any atom is 0.344 e. The van der Waals surface area contributed by atoms with Crippen molar-refractivity contribution in [2.75, 3.05) is 20.3 Å². The molecule has 2 N–H and O–H groups in total. The van der Waals surface area contributed by atoms with Crippen molar-refractivity contribution in [2.45, 2.75) is 26.5 Å². The highest BCUT2D eigenvalue weighted by molar-refractivity contribution is 5.72. The summed E-state index contributed by atoms with van der Waals surface area (Å²) >= 11 is 0. The third-order valence-electron chi connectivity index (χ3n) is 2.73. The molecule has 1 unspecified atom stereocenters. The number of hydrogen-bond donors (Lipinski definition) is 2. The Hall–Kier alpha value is -1.59. The fourth-order valence-corrected chi connectivity index (χ4v) is 1.65. The van der Waals surface area contributed by atoms with Crippen LogP contribution in [0.2, 0.25) is 0 Å². The quantitative estimate of drug-likeness (QED) is 0.700. The fraction of sp³-hybridized carbons (Fsp3) is 0.500. The summed E-state index contributed by atoms with van der Waals surface area (Å²) in [5.74, 6) is -0.330. The third-order valence-corrected chi connectivity index (χ3v) is 2.73. The highest BCUT2D eigenvalue weighted by atomic mass is 16.5. The van der Waals surface area contributed by atoms with Gasteiger partial charge in [0.2, 0.25) is 0 Å². The van der Waals surface area contributed by atoms with Crippen molar-refractivity contribution in [3.05, 3.63) is 29.3 Å². The van der Waals surface area contributed by atoms with Gasteiger partial charge in [-0.1, -0.05) is 18.2 Å². The van der Waals surface area contributed by atoms with Gasteiger partial charge < -0.3 is 19.9 Å². The van der Waals surface area contributed by atoms with Crippen LogP contribution >= 0.6 is 0 Å². The van der Waals surface area contributed by atoms with Gasteiger partial charge in [0.05, 0.1) is 6.61 Å². The lowest BCUT2D eigenvalue weighted by Gasteiger charge is -2.17. The number of aryl methyl sites for hydroxylation is 1. The number of carboxylic acid groups (broad SMARTS) is 1. The van der Waals surface area contributed by atoms with E-state index in [1.165, 1.54) is 6.92 Å². The minimum absolute atomic E-state index is 0.618. The molecule has 106 valence electrons. The van der Waals surface area contributed by atoms with E-state index in [9.17, 15) is 4.79 Å². The summed E-state index contributed by atoms with van der Waals surface area (Å²) in [4.78, 5) is 10.9. The predicted molar refractivity (Wildman–Crippen MR) is 72.5 cm³/mol. The molecule has 0 aliphatic rings. The van der Waals surface area contributed by atoms with Crippen molar-refractivity contribution in [1.82, 2.24) is 5.32 Å². The smallest absolute Gasteiger partial charge is 0.344 e. The molecule has 0 saturated heterocycles. The van der Waals surface area contributed by atoms with E-state index in [-0.39, 0.29) is 0 Å². The van der Waals surface area contributed by atoms with Gasteiger partial charge in [0.15, 0.2) is 6.10 Å². The molecule has 1 aromatic rings. The highest BCUT2D eigenvalue weighted by Gasteiger charge is 2.16. The van der Waals surface area contributed by atoms with E-state index in [1.54, 1.807) is 7.11 Å². The molecule has 0 fully saturated rings. The molecule has 0 spiro atoms. The summed E-state index contributed by atoms with van der Waals surface area (Å²) in [6.45, 7) is 5.41. The highest BCUT2D eigenvalue weighted by Crippen LogP contribution is 2.24. The zero-order chi connectivity index (χ0) is 14.3. The second-order valence-corrected chi connectivity index (χ2v) is 4.33. The largest absolute Gasteiger partial charge is 0.479 e. The summed E-state index contributed by atoms with van der Waals surface area (Å²) in [5.41, 5.74) is 1.88. The van der Waals surface area contributed by atoms with E-state index in [0.717, 1.165) is 17.7 Å². The Balaban J connectivity index is 2.74. The van der Waals surface area contributed by atoms with E-state index < -0.39 is 12.1 Å². The van der Waals surface area contributed by atoms with Crippen LogP contribution in [0.25, 0.3) is 0 Å². The monoisotopic (exact) mass is 267 g/mol. The van der Waals surface area contributed by atoms with Crippen molar-refractivity contribution in [2.24, 2.45) is 0 Å². The van der Waals surface area contributed by atoms with E-state index in [4.69, 9.17) is 14.6 Å². The maximum atomic E-state index is 10.9. The van der Waals surface area contributed by atoms with Gasteiger partial charge in [-0.05, 0) is 19.4 Å². The van der Waals surface area contributed by atoms with Crippen LogP contribution < -0.4 is 10.1 Å². The normalized spacial score (nSPS) is 12.2. The molecule has 19 heavy (non-hydrogen) atoms. The molecule has 1 aromatic carbocycles. The Labute approximate surface area is 113 Å². The third kappa shape index (κ3) is 4.89. The number of para-hydroxylation sites is 1. The van der Waals surface area contributed by atoms with Gasteiger partial charge in [-0.15, -0.1) is 0 Å². The van der Waals surface area contributed by atoms with Crippen LogP contribution in [0, 0.1) is 6.92 Å². The van der Waals surface area contributed by atoms with Crippen LogP contribution in [0.3, 0.4) is 0 Å². The van der Waals surface area contributed by atoms with E-state index in [0.29, 0.717) is 18.9 Å². The summed E-state index contributed by atoms with van der Waals surface area (Å²) < 4.78 is 10.5. The molecule has 0 heterocycles. The number of rotatable bonds is 8. The van der Waals surface area contributed by atoms with E-state index in [1.807, 2.05) is 25.1 Å². The number of hydrogen-bond acceptors (Lipinski definition) is 4. The first-order chi connectivity index (χ1) is 9.06. The zero-order valence-corrected chi connectivity index (χ0v) is 11.6. The number of benzene rings is 1. The Kier molecular flexibility index (Phi) is 6.32. The molecule has 0 saturated carbocycles. The number of ether oxygens (including phenoxy) is 2. The number of carbonyl (C=O) groups is 1. The first-order valence-corrected chi connectivity index (χ1v) is 6.24. The summed E-state index contributed by atoms with van der Waals surface area (Å²) in [6, 6.07) is 5.76. The van der Waals surface area contributed by atoms with Gasteiger partial charge in [0, 0.05) is 25.8 Å². The van der Waals surface area contributed by atoms with Crippen LogP contribution in [-0.4, -0.2) is 37.4 Å². The summed E-state index contributed by atoms with van der Waals surface area (Å²) in [5, 5.41) is 12.1. The van der Waals surface area contributed by atoms with Gasteiger partial charge in [0.25, 0.3) is 0 Å². The van der Waals surface area contributed by atoms with Gasteiger partial charge in [-0.25, -0.2) is 4.79 Å². The summed E-state index contributed by atoms with van der Waals surface area (Å²) in [7, 11) is 1.65. The minimum atomic E-state index is -0.971. The molecule has 0 aromatic heterocycles. The minimum Gasteiger partial charge on any atom is -0.479 e. The second-order valence-electron chi connectivity index (χ2n) is 4.33. The fourth-order valence-electron chi connectivity index (χ4n) is 1.65. The van der Waals surface area contributed by atoms with Crippen molar-refractivity contribution in [3.63, 3.8) is 0 Å². The maximum absolute atomic E-state index is 10.9. The molecule has 5 nitrogen and oxygen atoms in total. The van der Waals surface area contributed by atoms with Gasteiger partial charge in [-0.2, -0.15) is 0 Å². The van der Waals surface area contributed by atoms with Crippen molar-refractivity contribution in [1.29, 1.82) is 0 Å². The number of aliphatic carboxylic acids is 1. The average Bonchev–Trinajstić information content (AvgIpc) is 2.38. The van der Waals surface area contributed by atoms with Crippen molar-refractivity contribution >= 4 is 5.97 Å². The molecular formula is C14H21NO4. The number of methoxy groups -OCH3 is 1. The molecule has 5 heteroatoms. The Morgan fingerprint density at radius 1 is 1.47 bits per heavy atom.